The number of nitrogens with one attached hydrogen (secondary N) is 2. The van der Waals surface area contributed by atoms with Gasteiger partial charge in [-0.2, -0.15) is 0 Å². The van der Waals surface area contributed by atoms with Crippen LogP contribution in [0.1, 0.15) is 70.7 Å². The average molecular weight is 379 g/mol. The second kappa shape index (κ2) is 6.83. The smallest absolute Gasteiger partial charge is 0.249 e. The van der Waals surface area contributed by atoms with Crippen LogP contribution in [0.4, 0.5) is 0 Å². The lowest BCUT2D eigenvalue weighted by Crippen LogP contribution is -2.68. The Hall–Kier alpha value is -1.64. The molecule has 1 aromatic rings. The summed E-state index contributed by atoms with van der Waals surface area (Å²) in [6.07, 6.45) is 7.79. The third-order valence-electron chi connectivity index (χ3n) is 5.83. The van der Waals surface area contributed by atoms with Crippen LogP contribution in [0.15, 0.2) is 0 Å². The Kier molecular flexibility index (Phi) is 4.66. The Labute approximate surface area is 157 Å². The fourth-order valence-corrected chi connectivity index (χ4v) is 6.17. The minimum atomic E-state index is -0.432. The number of H-pyrrole nitrogens is 1. The standard InChI is InChI=1S/C17H26N6O2S/c1-17(2)13(14-19-21-22-20-14)23-15(25)12(16(23)26-17)18-11(24)9-10-7-5-3-4-6-8-10/h10,12-13,16H,3-9H2,1-2H3,(H,18,24)(H,19,20,21,22). The minimum Gasteiger partial charge on any atom is -0.342 e. The molecule has 142 valence electrons. The molecule has 9 heteroatoms. The van der Waals surface area contributed by atoms with E-state index in [1.807, 2.05) is 4.90 Å². The molecule has 26 heavy (non-hydrogen) atoms. The van der Waals surface area contributed by atoms with Gasteiger partial charge in [-0.3, -0.25) is 9.59 Å². The summed E-state index contributed by atoms with van der Waals surface area (Å²) < 4.78 is -0.220. The Morgan fingerprint density at radius 1 is 1.31 bits per heavy atom. The van der Waals surface area contributed by atoms with Crippen molar-refractivity contribution in [3.63, 3.8) is 0 Å². The van der Waals surface area contributed by atoms with E-state index in [-0.39, 0.29) is 28.0 Å². The van der Waals surface area contributed by atoms with Gasteiger partial charge < -0.3 is 10.2 Å². The molecule has 2 amide bonds. The number of aromatic nitrogens is 4. The van der Waals surface area contributed by atoms with Gasteiger partial charge in [-0.25, -0.2) is 5.10 Å². The van der Waals surface area contributed by atoms with Gasteiger partial charge in [-0.1, -0.05) is 25.7 Å². The van der Waals surface area contributed by atoms with Crippen molar-refractivity contribution in [1.29, 1.82) is 0 Å². The van der Waals surface area contributed by atoms with Crippen molar-refractivity contribution in [3.05, 3.63) is 5.82 Å². The highest BCUT2D eigenvalue weighted by Crippen LogP contribution is 2.56. The Morgan fingerprint density at radius 2 is 2.04 bits per heavy atom. The van der Waals surface area contributed by atoms with E-state index in [0.717, 1.165) is 12.8 Å². The number of thioether (sulfide) groups is 1. The molecule has 2 saturated heterocycles. The molecule has 3 heterocycles. The first-order valence-electron chi connectivity index (χ1n) is 9.50. The quantitative estimate of drug-likeness (QED) is 0.611. The molecule has 2 N–H and O–H groups in total. The highest BCUT2D eigenvalue weighted by atomic mass is 32.2. The summed E-state index contributed by atoms with van der Waals surface area (Å²) in [4.78, 5) is 27.0. The molecule has 2 aliphatic heterocycles. The van der Waals surface area contributed by atoms with Crippen LogP contribution in [0.25, 0.3) is 0 Å². The summed E-state index contributed by atoms with van der Waals surface area (Å²) >= 11 is 1.70. The number of carbonyl (C=O) groups excluding carboxylic acids is 2. The molecule has 0 aromatic carbocycles. The molecule has 0 spiro atoms. The van der Waals surface area contributed by atoms with Gasteiger partial charge in [-0.15, -0.1) is 16.9 Å². The number of tetrazole rings is 1. The molecule has 1 aromatic heterocycles. The van der Waals surface area contributed by atoms with E-state index >= 15 is 0 Å². The lowest BCUT2D eigenvalue weighted by molar-refractivity contribution is -0.152. The van der Waals surface area contributed by atoms with Crippen molar-refractivity contribution in [2.24, 2.45) is 5.92 Å². The zero-order valence-electron chi connectivity index (χ0n) is 15.3. The van der Waals surface area contributed by atoms with Crippen molar-refractivity contribution in [2.75, 3.05) is 0 Å². The maximum absolute atomic E-state index is 12.7. The number of amides is 2. The van der Waals surface area contributed by atoms with Crippen LogP contribution in [0.2, 0.25) is 0 Å². The first-order chi connectivity index (χ1) is 12.5. The van der Waals surface area contributed by atoms with E-state index in [2.05, 4.69) is 39.8 Å². The number of fused-ring (bicyclic) bond motifs is 1. The molecule has 3 aliphatic rings. The van der Waals surface area contributed by atoms with Gasteiger partial charge in [0, 0.05) is 11.2 Å². The molecule has 0 bridgehead atoms. The lowest BCUT2D eigenvalue weighted by Gasteiger charge is -2.44. The number of β-lactam (4-membered cyclic amide) rings is 1. The molecule has 3 atom stereocenters. The Bertz CT molecular complexity index is 671. The number of nitrogens with zero attached hydrogens (tertiary/aromatic N) is 4. The molecule has 0 radical (unpaired) electrons. The van der Waals surface area contributed by atoms with Crippen LogP contribution >= 0.6 is 11.8 Å². The summed E-state index contributed by atoms with van der Waals surface area (Å²) in [5.74, 6) is 1.04. The highest BCUT2D eigenvalue weighted by Gasteiger charge is 2.63. The van der Waals surface area contributed by atoms with Gasteiger partial charge >= 0.3 is 0 Å². The summed E-state index contributed by atoms with van der Waals surface area (Å²) in [5, 5.41) is 17.0. The van der Waals surface area contributed by atoms with E-state index in [0.29, 0.717) is 18.2 Å². The van der Waals surface area contributed by atoms with Gasteiger partial charge in [0.05, 0.1) is 0 Å². The topological polar surface area (TPSA) is 104 Å². The summed E-state index contributed by atoms with van der Waals surface area (Å²) in [5.41, 5.74) is 0. The van der Waals surface area contributed by atoms with Gasteiger partial charge in [0.15, 0.2) is 5.82 Å². The van der Waals surface area contributed by atoms with Crippen LogP contribution in [0.3, 0.4) is 0 Å². The molecule has 1 aliphatic carbocycles. The zero-order valence-corrected chi connectivity index (χ0v) is 16.1. The number of hydrogen-bond acceptors (Lipinski definition) is 6. The second-order valence-electron chi connectivity index (χ2n) is 8.15. The normalized spacial score (nSPS) is 31.2. The zero-order chi connectivity index (χ0) is 18.3. The van der Waals surface area contributed by atoms with E-state index in [9.17, 15) is 9.59 Å². The third kappa shape index (κ3) is 3.10. The fourth-order valence-electron chi connectivity index (χ4n) is 4.53. The average Bonchev–Trinajstić information content (AvgIpc) is 3.10. The highest BCUT2D eigenvalue weighted by molar-refractivity contribution is 8.01. The van der Waals surface area contributed by atoms with E-state index in [1.54, 1.807) is 11.8 Å². The maximum atomic E-state index is 12.7. The largest absolute Gasteiger partial charge is 0.342 e. The van der Waals surface area contributed by atoms with Crippen LogP contribution in [-0.4, -0.2) is 53.5 Å². The second-order valence-corrected chi connectivity index (χ2v) is 9.92. The van der Waals surface area contributed by atoms with Gasteiger partial charge in [0.2, 0.25) is 11.8 Å². The van der Waals surface area contributed by atoms with E-state index < -0.39 is 6.04 Å². The maximum Gasteiger partial charge on any atom is 0.249 e. The minimum absolute atomic E-state index is 0.0121. The molecule has 1 saturated carbocycles. The van der Waals surface area contributed by atoms with Crippen LogP contribution in [-0.2, 0) is 9.59 Å². The predicted molar refractivity (Wildman–Crippen MR) is 97.0 cm³/mol. The fraction of sp³-hybridized carbons (Fsp3) is 0.824. The predicted octanol–water partition coefficient (Wildman–Crippen LogP) is 1.78. The Balaban J connectivity index is 1.39. The SMILES string of the molecule is CC1(C)SC2C(NC(=O)CC3CCCCCC3)C(=O)N2C1c1nnn[nH]1. The molecule has 8 nitrogen and oxygen atoms in total. The van der Waals surface area contributed by atoms with Crippen molar-refractivity contribution in [3.8, 4) is 0 Å². The Morgan fingerprint density at radius 3 is 2.69 bits per heavy atom. The monoisotopic (exact) mass is 378 g/mol. The number of aromatic amines is 1. The van der Waals surface area contributed by atoms with Crippen molar-refractivity contribution in [2.45, 2.75) is 81.0 Å². The molecule has 3 unspecified atom stereocenters. The van der Waals surface area contributed by atoms with Crippen LogP contribution in [0, 0.1) is 5.92 Å². The summed E-state index contributed by atoms with van der Waals surface area (Å²) in [7, 11) is 0. The summed E-state index contributed by atoms with van der Waals surface area (Å²) in [6.45, 7) is 4.17. The summed E-state index contributed by atoms with van der Waals surface area (Å²) in [6, 6.07) is -0.631. The van der Waals surface area contributed by atoms with Crippen LogP contribution < -0.4 is 5.32 Å². The van der Waals surface area contributed by atoms with Crippen molar-refractivity contribution in [1.82, 2.24) is 30.8 Å². The van der Waals surface area contributed by atoms with Gasteiger partial charge in [0.25, 0.3) is 0 Å². The molecule has 3 fully saturated rings. The van der Waals surface area contributed by atoms with Crippen molar-refractivity contribution < 1.29 is 9.59 Å². The van der Waals surface area contributed by atoms with E-state index in [1.165, 1.54) is 25.7 Å². The van der Waals surface area contributed by atoms with Gasteiger partial charge in [0.1, 0.15) is 17.5 Å². The first-order valence-corrected chi connectivity index (χ1v) is 10.4. The molecule has 4 rings (SSSR count). The number of carbonyl (C=O) groups is 2. The lowest BCUT2D eigenvalue weighted by atomic mass is 9.94. The van der Waals surface area contributed by atoms with Crippen LogP contribution in [0.5, 0.6) is 0 Å². The molecular weight excluding hydrogens is 352 g/mol. The van der Waals surface area contributed by atoms with Gasteiger partial charge in [-0.05, 0) is 43.0 Å². The van der Waals surface area contributed by atoms with E-state index in [4.69, 9.17) is 0 Å². The first kappa shape index (κ1) is 17.8. The third-order valence-corrected chi connectivity index (χ3v) is 7.40. The van der Waals surface area contributed by atoms with Crippen molar-refractivity contribution >= 4 is 23.6 Å². The molecular formula is C17H26N6O2S. The number of rotatable bonds is 4. The number of hydrogen-bond donors (Lipinski definition) is 2.